The van der Waals surface area contributed by atoms with E-state index < -0.39 is 0 Å². The number of ether oxygens (including phenoxy) is 1. The van der Waals surface area contributed by atoms with Gasteiger partial charge in [0, 0.05) is 5.75 Å². The molecule has 1 nitrogen and oxygen atoms in total. The van der Waals surface area contributed by atoms with E-state index in [1.54, 1.807) is 11.8 Å². The van der Waals surface area contributed by atoms with E-state index in [4.69, 9.17) is 4.74 Å². The molecular weight excluding hydrogens is 108 g/mol. The first kappa shape index (κ1) is 5.04. The lowest BCUT2D eigenvalue weighted by Crippen LogP contribution is -1.98. The van der Waals surface area contributed by atoms with Crippen LogP contribution in [-0.4, -0.2) is 12.4 Å². The molecule has 0 unspecified atom stereocenters. The lowest BCUT2D eigenvalue weighted by molar-refractivity contribution is 0.231. The Morgan fingerprint density at radius 3 is 3.00 bits per heavy atom. The summed E-state index contributed by atoms with van der Waals surface area (Å²) >= 11 is 1.69. The molecule has 1 aliphatic rings. The van der Waals surface area contributed by atoms with Gasteiger partial charge < -0.3 is 4.74 Å². The molecule has 7 heavy (non-hydrogen) atoms. The maximum Gasteiger partial charge on any atom is 0.108 e. The molecular formula is C5H7OS. The summed E-state index contributed by atoms with van der Waals surface area (Å²) in [5.41, 5.74) is 0. The van der Waals surface area contributed by atoms with Gasteiger partial charge in [0.2, 0.25) is 0 Å². The standard InChI is InChI=1S/C5H7OS/c1-5-4-7-3-2-6-5/h2-3H2,1H3. The second kappa shape index (κ2) is 2.26. The highest BCUT2D eigenvalue weighted by molar-refractivity contribution is 8.00. The summed E-state index contributed by atoms with van der Waals surface area (Å²) in [7, 11) is 0. The molecule has 0 amide bonds. The summed E-state index contributed by atoms with van der Waals surface area (Å²) in [6, 6.07) is 0. The van der Waals surface area contributed by atoms with Gasteiger partial charge in [0.25, 0.3) is 0 Å². The van der Waals surface area contributed by atoms with Crippen LogP contribution in [0.15, 0.2) is 5.76 Å². The number of hydrogen-bond donors (Lipinski definition) is 0. The number of allylic oxidation sites excluding steroid dienone is 1. The number of thioether (sulfide) groups is 1. The van der Waals surface area contributed by atoms with Crippen molar-refractivity contribution in [3.8, 4) is 0 Å². The van der Waals surface area contributed by atoms with Gasteiger partial charge in [0.15, 0.2) is 0 Å². The van der Waals surface area contributed by atoms with E-state index in [1.807, 2.05) is 6.92 Å². The van der Waals surface area contributed by atoms with Crippen molar-refractivity contribution in [2.24, 2.45) is 0 Å². The zero-order valence-electron chi connectivity index (χ0n) is 4.23. The molecule has 39 valence electrons. The Balaban J connectivity index is 2.40. The van der Waals surface area contributed by atoms with Crippen molar-refractivity contribution in [1.29, 1.82) is 0 Å². The fourth-order valence-corrected chi connectivity index (χ4v) is 0.949. The molecule has 0 aliphatic carbocycles. The molecule has 0 aromatic heterocycles. The molecule has 0 N–H and O–H groups in total. The van der Waals surface area contributed by atoms with Crippen LogP contribution in [0.25, 0.3) is 0 Å². The highest BCUT2D eigenvalue weighted by Crippen LogP contribution is 2.11. The van der Waals surface area contributed by atoms with Crippen LogP contribution in [0.3, 0.4) is 0 Å². The average molecular weight is 115 g/mol. The highest BCUT2D eigenvalue weighted by Gasteiger charge is 1.96. The minimum atomic E-state index is 0.851. The summed E-state index contributed by atoms with van der Waals surface area (Å²) in [6.45, 7) is 2.77. The Hall–Kier alpha value is -0.110. The second-order valence-electron chi connectivity index (χ2n) is 1.36. The van der Waals surface area contributed by atoms with Crippen LogP contribution in [0.1, 0.15) is 6.92 Å². The molecule has 0 spiro atoms. The van der Waals surface area contributed by atoms with E-state index in [-0.39, 0.29) is 0 Å². The molecule has 2 heteroatoms. The summed E-state index contributed by atoms with van der Waals surface area (Å²) in [4.78, 5) is 0. The predicted octanol–water partition coefficient (Wildman–Crippen LogP) is 1.41. The van der Waals surface area contributed by atoms with Crippen molar-refractivity contribution in [2.45, 2.75) is 6.92 Å². The van der Waals surface area contributed by atoms with Gasteiger partial charge in [-0.1, -0.05) is 0 Å². The van der Waals surface area contributed by atoms with E-state index in [2.05, 4.69) is 5.41 Å². The van der Waals surface area contributed by atoms with Crippen molar-refractivity contribution in [1.82, 2.24) is 0 Å². The summed E-state index contributed by atoms with van der Waals surface area (Å²) in [5.74, 6) is 1.98. The summed E-state index contributed by atoms with van der Waals surface area (Å²) < 4.78 is 5.06. The van der Waals surface area contributed by atoms with Crippen LogP contribution in [0.2, 0.25) is 0 Å². The highest BCUT2D eigenvalue weighted by atomic mass is 32.2. The lowest BCUT2D eigenvalue weighted by atomic mass is 10.6. The quantitative estimate of drug-likeness (QED) is 0.472. The zero-order chi connectivity index (χ0) is 5.11. The third-order valence-electron chi connectivity index (χ3n) is 0.720. The minimum Gasteiger partial charge on any atom is -0.496 e. The molecule has 1 rings (SSSR count). The second-order valence-corrected chi connectivity index (χ2v) is 2.26. The molecule has 1 aliphatic heterocycles. The Kier molecular flexibility index (Phi) is 1.63. The third kappa shape index (κ3) is 1.43. The van der Waals surface area contributed by atoms with Crippen molar-refractivity contribution in [2.75, 3.05) is 12.4 Å². The van der Waals surface area contributed by atoms with Gasteiger partial charge in [0.05, 0.1) is 12.0 Å². The molecule has 0 saturated heterocycles. The zero-order valence-corrected chi connectivity index (χ0v) is 5.05. The molecule has 0 fully saturated rings. The Bertz CT molecular complexity index is 88.1. The lowest BCUT2D eigenvalue weighted by Gasteiger charge is -2.08. The maximum absolute atomic E-state index is 5.06. The average Bonchev–Trinajstić information content (AvgIpc) is 1.69. The first-order valence-corrected chi connectivity index (χ1v) is 3.22. The molecule has 0 atom stereocenters. The SMILES string of the molecule is CC1=[C]SCCO1. The summed E-state index contributed by atoms with van der Waals surface area (Å²) in [6.07, 6.45) is 0. The van der Waals surface area contributed by atoms with Crippen molar-refractivity contribution < 1.29 is 4.74 Å². The summed E-state index contributed by atoms with van der Waals surface area (Å²) in [5, 5.41) is 2.99. The van der Waals surface area contributed by atoms with E-state index in [0.717, 1.165) is 18.1 Å². The van der Waals surface area contributed by atoms with Gasteiger partial charge in [-0.15, -0.1) is 11.8 Å². The van der Waals surface area contributed by atoms with Gasteiger partial charge in [-0.3, -0.25) is 0 Å². The molecule has 0 saturated carbocycles. The molecule has 0 aromatic carbocycles. The van der Waals surface area contributed by atoms with Crippen LogP contribution < -0.4 is 0 Å². The fraction of sp³-hybridized carbons (Fsp3) is 0.600. The minimum absolute atomic E-state index is 0.851. The molecule has 0 aromatic rings. The van der Waals surface area contributed by atoms with Gasteiger partial charge in [0.1, 0.15) is 5.76 Å². The van der Waals surface area contributed by atoms with Crippen LogP contribution in [-0.2, 0) is 4.74 Å². The van der Waals surface area contributed by atoms with E-state index in [9.17, 15) is 0 Å². The van der Waals surface area contributed by atoms with Crippen molar-refractivity contribution >= 4 is 11.8 Å². The molecule has 1 radical (unpaired) electrons. The van der Waals surface area contributed by atoms with Crippen LogP contribution in [0, 0.1) is 5.41 Å². The van der Waals surface area contributed by atoms with Crippen LogP contribution >= 0.6 is 11.8 Å². The number of rotatable bonds is 0. The smallest absolute Gasteiger partial charge is 0.108 e. The number of hydrogen-bond acceptors (Lipinski definition) is 2. The predicted molar refractivity (Wildman–Crippen MR) is 30.8 cm³/mol. The van der Waals surface area contributed by atoms with Gasteiger partial charge >= 0.3 is 0 Å². The molecule has 0 bridgehead atoms. The van der Waals surface area contributed by atoms with Crippen LogP contribution in [0.5, 0.6) is 0 Å². The normalized spacial score (nSPS) is 20.4. The first-order chi connectivity index (χ1) is 3.39. The van der Waals surface area contributed by atoms with E-state index in [1.165, 1.54) is 0 Å². The largest absolute Gasteiger partial charge is 0.496 e. The Morgan fingerprint density at radius 1 is 1.86 bits per heavy atom. The van der Waals surface area contributed by atoms with Gasteiger partial charge in [-0.25, -0.2) is 0 Å². The van der Waals surface area contributed by atoms with Crippen molar-refractivity contribution in [3.05, 3.63) is 11.2 Å². The monoisotopic (exact) mass is 115 g/mol. The third-order valence-corrected chi connectivity index (χ3v) is 1.52. The fourth-order valence-electron chi connectivity index (χ4n) is 0.419. The van der Waals surface area contributed by atoms with Crippen molar-refractivity contribution in [3.63, 3.8) is 0 Å². The van der Waals surface area contributed by atoms with E-state index >= 15 is 0 Å². The Morgan fingerprint density at radius 2 is 2.71 bits per heavy atom. The Labute approximate surface area is 47.7 Å². The van der Waals surface area contributed by atoms with E-state index in [0.29, 0.717) is 0 Å². The first-order valence-electron chi connectivity index (χ1n) is 2.24. The van der Waals surface area contributed by atoms with Gasteiger partial charge in [-0.05, 0) is 6.92 Å². The maximum atomic E-state index is 5.06. The van der Waals surface area contributed by atoms with Gasteiger partial charge in [-0.2, -0.15) is 0 Å². The topological polar surface area (TPSA) is 9.23 Å². The molecule has 1 heterocycles. The van der Waals surface area contributed by atoms with Crippen LogP contribution in [0.4, 0.5) is 0 Å².